The number of hydrogen-bond acceptors (Lipinski definition) is 2. The van der Waals surface area contributed by atoms with E-state index >= 15 is 0 Å². The van der Waals surface area contributed by atoms with Gasteiger partial charge in [0.1, 0.15) is 0 Å². The van der Waals surface area contributed by atoms with Crippen LogP contribution in [0.5, 0.6) is 0 Å². The SMILES string of the molecule is CCC(B1OC(C)(C)C(C)(C)O1)=C(c1ccccc1)c1ccccc1. The Hall–Kier alpha value is -1.84. The first-order chi connectivity index (χ1) is 11.9. The zero-order valence-electron chi connectivity index (χ0n) is 15.9. The summed E-state index contributed by atoms with van der Waals surface area (Å²) in [4.78, 5) is 0. The minimum absolute atomic E-state index is 0.328. The summed E-state index contributed by atoms with van der Waals surface area (Å²) in [5.41, 5.74) is 4.12. The fraction of sp³-hybridized carbons (Fsp3) is 0.364. The van der Waals surface area contributed by atoms with E-state index in [1.807, 2.05) is 12.1 Å². The van der Waals surface area contributed by atoms with Crippen LogP contribution in [0.25, 0.3) is 5.57 Å². The largest absolute Gasteiger partial charge is 0.491 e. The minimum Gasteiger partial charge on any atom is -0.400 e. The van der Waals surface area contributed by atoms with Crippen LogP contribution in [0.15, 0.2) is 66.1 Å². The molecular formula is C22H27BO2. The molecule has 2 aromatic carbocycles. The highest BCUT2D eigenvalue weighted by atomic mass is 16.7. The second-order valence-corrected chi connectivity index (χ2v) is 7.57. The zero-order chi connectivity index (χ0) is 18.1. The molecule has 1 aliphatic heterocycles. The van der Waals surface area contributed by atoms with E-state index in [0.29, 0.717) is 0 Å². The highest BCUT2D eigenvalue weighted by Crippen LogP contribution is 2.41. The monoisotopic (exact) mass is 334 g/mol. The first kappa shape index (κ1) is 18.0. The Morgan fingerprint density at radius 2 is 1.16 bits per heavy atom. The molecule has 0 aromatic heterocycles. The molecule has 25 heavy (non-hydrogen) atoms. The molecule has 0 spiro atoms. The van der Waals surface area contributed by atoms with Crippen LogP contribution < -0.4 is 0 Å². The zero-order valence-corrected chi connectivity index (χ0v) is 15.9. The molecule has 0 N–H and O–H groups in total. The van der Waals surface area contributed by atoms with Gasteiger partial charge in [0.05, 0.1) is 11.2 Å². The van der Waals surface area contributed by atoms with Gasteiger partial charge in [0.15, 0.2) is 0 Å². The van der Waals surface area contributed by atoms with Gasteiger partial charge < -0.3 is 9.31 Å². The maximum Gasteiger partial charge on any atom is 0.491 e. The van der Waals surface area contributed by atoms with Gasteiger partial charge in [-0.2, -0.15) is 0 Å². The van der Waals surface area contributed by atoms with Crippen LogP contribution in [0, 0.1) is 0 Å². The highest BCUT2D eigenvalue weighted by Gasteiger charge is 2.52. The molecule has 0 unspecified atom stereocenters. The number of benzene rings is 2. The fourth-order valence-electron chi connectivity index (χ4n) is 3.19. The molecule has 130 valence electrons. The summed E-state index contributed by atoms with van der Waals surface area (Å²) < 4.78 is 12.7. The molecule has 0 atom stereocenters. The second-order valence-electron chi connectivity index (χ2n) is 7.57. The van der Waals surface area contributed by atoms with Crippen LogP contribution in [0.3, 0.4) is 0 Å². The van der Waals surface area contributed by atoms with Crippen LogP contribution in [0.1, 0.15) is 52.2 Å². The summed E-state index contributed by atoms with van der Waals surface area (Å²) in [5.74, 6) is 0. The Morgan fingerprint density at radius 1 is 0.760 bits per heavy atom. The van der Waals surface area contributed by atoms with Crippen molar-refractivity contribution in [3.63, 3.8) is 0 Å². The predicted octanol–water partition coefficient (Wildman–Crippen LogP) is 5.53. The van der Waals surface area contributed by atoms with Gasteiger partial charge in [-0.05, 0) is 56.3 Å². The lowest BCUT2D eigenvalue weighted by Crippen LogP contribution is -2.41. The van der Waals surface area contributed by atoms with E-state index in [2.05, 4.69) is 83.1 Å². The van der Waals surface area contributed by atoms with E-state index in [-0.39, 0.29) is 18.3 Å². The van der Waals surface area contributed by atoms with Crippen molar-refractivity contribution in [2.45, 2.75) is 52.2 Å². The first-order valence-corrected chi connectivity index (χ1v) is 9.05. The van der Waals surface area contributed by atoms with Gasteiger partial charge >= 0.3 is 7.12 Å². The smallest absolute Gasteiger partial charge is 0.400 e. The summed E-state index contributed by atoms with van der Waals surface area (Å²) >= 11 is 0. The molecule has 0 saturated carbocycles. The second kappa shape index (κ2) is 6.82. The molecule has 1 aliphatic rings. The van der Waals surface area contributed by atoms with Gasteiger partial charge in [-0.1, -0.05) is 67.6 Å². The van der Waals surface area contributed by atoms with Gasteiger partial charge in [0.2, 0.25) is 0 Å². The predicted molar refractivity (Wildman–Crippen MR) is 105 cm³/mol. The van der Waals surface area contributed by atoms with Crippen LogP contribution in [-0.2, 0) is 9.31 Å². The van der Waals surface area contributed by atoms with E-state index < -0.39 is 0 Å². The van der Waals surface area contributed by atoms with Gasteiger partial charge in [-0.15, -0.1) is 0 Å². The van der Waals surface area contributed by atoms with Crippen molar-refractivity contribution in [1.29, 1.82) is 0 Å². The van der Waals surface area contributed by atoms with Crippen molar-refractivity contribution in [2.75, 3.05) is 0 Å². The van der Waals surface area contributed by atoms with Crippen molar-refractivity contribution in [2.24, 2.45) is 0 Å². The standard InChI is InChI=1S/C22H27BO2/c1-6-19(23-24-21(2,3)22(4,5)25-23)20(17-13-9-7-10-14-17)18-15-11-8-12-16-18/h7-16H,6H2,1-5H3. The molecule has 3 heteroatoms. The molecule has 3 rings (SSSR count). The number of rotatable bonds is 4. The Labute approximate surface area is 152 Å². The third-order valence-electron chi connectivity index (χ3n) is 5.36. The summed E-state index contributed by atoms with van der Waals surface area (Å²) in [6.07, 6.45) is 0.871. The summed E-state index contributed by atoms with van der Waals surface area (Å²) in [7, 11) is -0.328. The van der Waals surface area contributed by atoms with E-state index in [0.717, 1.165) is 6.42 Å². The number of allylic oxidation sites excluding steroid dienone is 1. The maximum atomic E-state index is 6.36. The van der Waals surface area contributed by atoms with Gasteiger partial charge in [0.25, 0.3) is 0 Å². The van der Waals surface area contributed by atoms with Crippen molar-refractivity contribution in [3.05, 3.63) is 77.3 Å². The summed E-state index contributed by atoms with van der Waals surface area (Å²) in [6, 6.07) is 21.0. The summed E-state index contributed by atoms with van der Waals surface area (Å²) in [5, 5.41) is 0. The molecule has 0 amide bonds. The quantitative estimate of drug-likeness (QED) is 0.685. The molecule has 2 nitrogen and oxygen atoms in total. The Morgan fingerprint density at radius 3 is 1.52 bits per heavy atom. The topological polar surface area (TPSA) is 18.5 Å². The van der Waals surface area contributed by atoms with Crippen LogP contribution >= 0.6 is 0 Å². The lowest BCUT2D eigenvalue weighted by atomic mass is 9.71. The van der Waals surface area contributed by atoms with Crippen molar-refractivity contribution in [3.8, 4) is 0 Å². The molecule has 0 bridgehead atoms. The molecular weight excluding hydrogens is 307 g/mol. The van der Waals surface area contributed by atoms with E-state index in [1.165, 1.54) is 22.2 Å². The van der Waals surface area contributed by atoms with E-state index in [1.54, 1.807) is 0 Å². The van der Waals surface area contributed by atoms with Gasteiger partial charge in [-0.25, -0.2) is 0 Å². The third kappa shape index (κ3) is 3.44. The number of hydrogen-bond donors (Lipinski definition) is 0. The Kier molecular flexibility index (Phi) is 4.90. The molecule has 0 radical (unpaired) electrons. The van der Waals surface area contributed by atoms with Crippen LogP contribution in [0.4, 0.5) is 0 Å². The molecule has 1 heterocycles. The van der Waals surface area contributed by atoms with Crippen LogP contribution in [-0.4, -0.2) is 18.3 Å². The van der Waals surface area contributed by atoms with Crippen LogP contribution in [0.2, 0.25) is 0 Å². The average Bonchev–Trinajstić information content (AvgIpc) is 2.81. The lowest BCUT2D eigenvalue weighted by molar-refractivity contribution is 0.00578. The molecule has 0 aliphatic carbocycles. The Bertz CT molecular complexity index is 691. The van der Waals surface area contributed by atoms with Gasteiger partial charge in [-0.3, -0.25) is 0 Å². The average molecular weight is 334 g/mol. The lowest BCUT2D eigenvalue weighted by Gasteiger charge is -2.32. The van der Waals surface area contributed by atoms with E-state index in [4.69, 9.17) is 9.31 Å². The van der Waals surface area contributed by atoms with Crippen molar-refractivity contribution >= 4 is 12.7 Å². The molecule has 1 saturated heterocycles. The highest BCUT2D eigenvalue weighted by molar-refractivity contribution is 6.56. The molecule has 2 aromatic rings. The van der Waals surface area contributed by atoms with Crippen molar-refractivity contribution in [1.82, 2.24) is 0 Å². The fourth-order valence-corrected chi connectivity index (χ4v) is 3.19. The maximum absolute atomic E-state index is 6.36. The Balaban J connectivity index is 2.15. The normalized spacial score (nSPS) is 18.2. The molecule has 1 fully saturated rings. The van der Waals surface area contributed by atoms with Gasteiger partial charge in [0, 0.05) is 0 Å². The first-order valence-electron chi connectivity index (χ1n) is 9.05. The third-order valence-corrected chi connectivity index (χ3v) is 5.36. The van der Waals surface area contributed by atoms with Crippen molar-refractivity contribution < 1.29 is 9.31 Å². The summed E-state index contributed by atoms with van der Waals surface area (Å²) in [6.45, 7) is 10.6. The van der Waals surface area contributed by atoms with E-state index in [9.17, 15) is 0 Å². The minimum atomic E-state index is -0.337.